The minimum Gasteiger partial charge on any atom is -0.393 e. The zero-order valence-corrected chi connectivity index (χ0v) is 12.2. The van der Waals surface area contributed by atoms with Crippen LogP contribution in [0.4, 0.5) is 0 Å². The summed E-state index contributed by atoms with van der Waals surface area (Å²) in [4.78, 5) is 0.174. The lowest BCUT2D eigenvalue weighted by molar-refractivity contribution is 0.178. The van der Waals surface area contributed by atoms with Crippen molar-refractivity contribution in [3.63, 3.8) is 0 Å². The fourth-order valence-electron chi connectivity index (χ4n) is 2.47. The first-order valence-electron chi connectivity index (χ1n) is 6.61. The van der Waals surface area contributed by atoms with Crippen molar-refractivity contribution in [2.75, 3.05) is 6.54 Å². The molecule has 5 nitrogen and oxygen atoms in total. The molecule has 0 radical (unpaired) electrons. The summed E-state index contributed by atoms with van der Waals surface area (Å²) in [6.07, 6.45) is 1.93. The maximum atomic E-state index is 12.2. The van der Waals surface area contributed by atoms with Gasteiger partial charge < -0.3 is 5.11 Å². The van der Waals surface area contributed by atoms with Crippen LogP contribution >= 0.6 is 0 Å². The fraction of sp³-hybridized carbons (Fsp3) is 0.500. The molecule has 2 atom stereocenters. The molecule has 0 saturated heterocycles. The summed E-state index contributed by atoms with van der Waals surface area (Å²) < 4.78 is 26.9. The molecule has 1 aromatic rings. The zero-order chi connectivity index (χ0) is 14.8. The number of hydrogen-bond donors (Lipinski definition) is 2. The second-order valence-electron chi connectivity index (χ2n) is 5.27. The van der Waals surface area contributed by atoms with Gasteiger partial charge in [0.15, 0.2) is 0 Å². The number of nitriles is 1. The van der Waals surface area contributed by atoms with Gasteiger partial charge >= 0.3 is 0 Å². The van der Waals surface area contributed by atoms with Crippen LogP contribution in [0.5, 0.6) is 0 Å². The highest BCUT2D eigenvalue weighted by molar-refractivity contribution is 7.89. The number of aliphatic hydroxyl groups excluding tert-OH is 1. The molecule has 0 amide bonds. The molecule has 0 bridgehead atoms. The molecule has 108 valence electrons. The lowest BCUT2D eigenvalue weighted by Gasteiger charge is -2.12. The summed E-state index contributed by atoms with van der Waals surface area (Å²) in [5.74, 6) is 0.194. The third-order valence-corrected chi connectivity index (χ3v) is 5.13. The van der Waals surface area contributed by atoms with Gasteiger partial charge in [0, 0.05) is 6.54 Å². The highest BCUT2D eigenvalue weighted by atomic mass is 32.2. The average molecular weight is 294 g/mol. The van der Waals surface area contributed by atoms with E-state index < -0.39 is 10.0 Å². The maximum Gasteiger partial charge on any atom is 0.240 e. The van der Waals surface area contributed by atoms with Crippen molar-refractivity contribution in [1.82, 2.24) is 4.72 Å². The maximum absolute atomic E-state index is 12.2. The van der Waals surface area contributed by atoms with E-state index in [2.05, 4.69) is 4.72 Å². The Hall–Kier alpha value is -1.42. The minimum atomic E-state index is -3.55. The Morgan fingerprint density at radius 1 is 1.45 bits per heavy atom. The first-order chi connectivity index (χ1) is 9.42. The van der Waals surface area contributed by atoms with Crippen molar-refractivity contribution in [2.24, 2.45) is 5.92 Å². The summed E-state index contributed by atoms with van der Waals surface area (Å²) >= 11 is 0. The van der Waals surface area contributed by atoms with Gasteiger partial charge in [-0.2, -0.15) is 5.26 Å². The van der Waals surface area contributed by atoms with Gasteiger partial charge in [-0.3, -0.25) is 0 Å². The monoisotopic (exact) mass is 294 g/mol. The highest BCUT2D eigenvalue weighted by Crippen LogP contribution is 2.25. The molecule has 1 aromatic carbocycles. The van der Waals surface area contributed by atoms with Crippen LogP contribution in [0.2, 0.25) is 0 Å². The van der Waals surface area contributed by atoms with Gasteiger partial charge in [0.25, 0.3) is 0 Å². The second-order valence-corrected chi connectivity index (χ2v) is 7.04. The molecule has 1 aliphatic rings. The number of nitrogens with one attached hydrogen (secondary N) is 1. The van der Waals surface area contributed by atoms with Gasteiger partial charge in [-0.05, 0) is 55.9 Å². The second kappa shape index (κ2) is 5.92. The number of rotatable bonds is 4. The molecule has 2 N–H and O–H groups in total. The Balaban J connectivity index is 2.07. The molecule has 2 rings (SSSR count). The molecule has 6 heteroatoms. The van der Waals surface area contributed by atoms with Gasteiger partial charge in [-0.25, -0.2) is 13.1 Å². The van der Waals surface area contributed by atoms with Crippen molar-refractivity contribution in [3.05, 3.63) is 29.3 Å². The van der Waals surface area contributed by atoms with E-state index in [0.717, 1.165) is 12.8 Å². The summed E-state index contributed by atoms with van der Waals surface area (Å²) in [5, 5.41) is 18.3. The number of benzene rings is 1. The third kappa shape index (κ3) is 3.37. The standard InChI is InChI=1S/C14H18N2O3S/c1-10-6-14(5-3-12(10)8-15)20(18,19)16-9-11-2-4-13(17)7-11/h3,5-6,11,13,16-17H,2,4,7,9H2,1H3. The van der Waals surface area contributed by atoms with Gasteiger partial charge in [-0.15, -0.1) is 0 Å². The normalized spacial score (nSPS) is 22.6. The summed E-state index contributed by atoms with van der Waals surface area (Å²) in [7, 11) is -3.55. The largest absolute Gasteiger partial charge is 0.393 e. The zero-order valence-electron chi connectivity index (χ0n) is 11.3. The minimum absolute atomic E-state index is 0.174. The molecule has 0 heterocycles. The molecule has 2 unspecified atom stereocenters. The van der Waals surface area contributed by atoms with Crippen LogP contribution in [0, 0.1) is 24.2 Å². The average Bonchev–Trinajstić information content (AvgIpc) is 2.82. The van der Waals surface area contributed by atoms with Crippen molar-refractivity contribution in [2.45, 2.75) is 37.2 Å². The van der Waals surface area contributed by atoms with Crippen LogP contribution < -0.4 is 4.72 Å². The third-order valence-electron chi connectivity index (χ3n) is 3.70. The molecule has 20 heavy (non-hydrogen) atoms. The van der Waals surface area contributed by atoms with E-state index in [4.69, 9.17) is 5.26 Å². The number of hydrogen-bond acceptors (Lipinski definition) is 4. The van der Waals surface area contributed by atoms with E-state index in [9.17, 15) is 13.5 Å². The van der Waals surface area contributed by atoms with Crippen LogP contribution in [0.15, 0.2) is 23.1 Å². The van der Waals surface area contributed by atoms with E-state index in [1.54, 1.807) is 6.92 Å². The summed E-state index contributed by atoms with van der Waals surface area (Å²) in [6, 6.07) is 6.48. The van der Waals surface area contributed by atoms with Crippen molar-refractivity contribution >= 4 is 10.0 Å². The van der Waals surface area contributed by atoms with Crippen LogP contribution in [0.25, 0.3) is 0 Å². The topological polar surface area (TPSA) is 90.2 Å². The van der Waals surface area contributed by atoms with Crippen molar-refractivity contribution < 1.29 is 13.5 Å². The molecular weight excluding hydrogens is 276 g/mol. The lowest BCUT2D eigenvalue weighted by Crippen LogP contribution is -2.28. The van der Waals surface area contributed by atoms with Crippen molar-refractivity contribution in [1.29, 1.82) is 5.26 Å². The van der Waals surface area contributed by atoms with E-state index in [0.29, 0.717) is 24.1 Å². The first kappa shape index (κ1) is 15.0. The number of aryl methyl sites for hydroxylation is 1. The van der Waals surface area contributed by atoms with Gasteiger partial charge in [0.1, 0.15) is 0 Å². The molecular formula is C14H18N2O3S. The number of aliphatic hydroxyl groups is 1. The Morgan fingerprint density at radius 3 is 2.75 bits per heavy atom. The molecule has 1 fully saturated rings. The Kier molecular flexibility index (Phi) is 4.43. The van der Waals surface area contributed by atoms with Crippen LogP contribution in [-0.2, 0) is 10.0 Å². The predicted molar refractivity (Wildman–Crippen MR) is 74.4 cm³/mol. The summed E-state index contributed by atoms with van der Waals surface area (Å²) in [6.45, 7) is 2.06. The molecule has 1 saturated carbocycles. The fourth-order valence-corrected chi connectivity index (χ4v) is 3.67. The van der Waals surface area contributed by atoms with Crippen molar-refractivity contribution in [3.8, 4) is 6.07 Å². The van der Waals surface area contributed by atoms with E-state index >= 15 is 0 Å². The van der Waals surface area contributed by atoms with Crippen LogP contribution in [0.1, 0.15) is 30.4 Å². The van der Waals surface area contributed by atoms with Crippen LogP contribution in [-0.4, -0.2) is 26.2 Å². The Labute approximate surface area is 119 Å². The van der Waals surface area contributed by atoms with E-state index in [1.165, 1.54) is 18.2 Å². The van der Waals surface area contributed by atoms with Crippen LogP contribution in [0.3, 0.4) is 0 Å². The molecule has 0 aliphatic heterocycles. The predicted octanol–water partition coefficient (Wildman–Crippen LogP) is 1.31. The number of sulfonamides is 1. The van der Waals surface area contributed by atoms with Gasteiger partial charge in [-0.1, -0.05) is 0 Å². The summed E-state index contributed by atoms with van der Waals surface area (Å²) in [5.41, 5.74) is 1.12. The quantitative estimate of drug-likeness (QED) is 0.876. The lowest BCUT2D eigenvalue weighted by atomic mass is 10.1. The van der Waals surface area contributed by atoms with Gasteiger partial charge in [0.05, 0.1) is 22.6 Å². The van der Waals surface area contributed by atoms with Gasteiger partial charge in [0.2, 0.25) is 10.0 Å². The molecule has 1 aliphatic carbocycles. The Bertz CT molecular complexity index is 634. The first-order valence-corrected chi connectivity index (χ1v) is 8.09. The number of nitrogens with zero attached hydrogens (tertiary/aromatic N) is 1. The SMILES string of the molecule is Cc1cc(S(=O)(=O)NCC2CCC(O)C2)ccc1C#N. The molecule has 0 spiro atoms. The van der Waals surface area contributed by atoms with E-state index in [-0.39, 0.29) is 16.9 Å². The smallest absolute Gasteiger partial charge is 0.240 e. The molecule has 0 aromatic heterocycles. The Morgan fingerprint density at radius 2 is 2.20 bits per heavy atom. The highest BCUT2D eigenvalue weighted by Gasteiger charge is 2.24. The van der Waals surface area contributed by atoms with E-state index in [1.807, 2.05) is 6.07 Å².